The highest BCUT2D eigenvalue weighted by Gasteiger charge is 2.17. The monoisotopic (exact) mass is 283 g/mol. The molecule has 3 aromatic rings. The zero-order valence-corrected chi connectivity index (χ0v) is 12.5. The van der Waals surface area contributed by atoms with Crippen molar-refractivity contribution < 1.29 is 0 Å². The Morgan fingerprint density at radius 2 is 1.95 bits per heavy atom. The normalized spacial score (nSPS) is 11.8. The number of rotatable bonds is 3. The van der Waals surface area contributed by atoms with Gasteiger partial charge in [-0.25, -0.2) is 9.50 Å². The van der Waals surface area contributed by atoms with Crippen LogP contribution >= 0.6 is 7.55 Å². The van der Waals surface area contributed by atoms with Gasteiger partial charge < -0.3 is 0 Å². The molecule has 0 aliphatic carbocycles. The van der Waals surface area contributed by atoms with Crippen LogP contribution in [0.15, 0.2) is 36.5 Å². The van der Waals surface area contributed by atoms with Gasteiger partial charge in [0.2, 0.25) is 0 Å². The molecule has 0 saturated carbocycles. The first kappa shape index (κ1) is 12.9. The van der Waals surface area contributed by atoms with Crippen molar-refractivity contribution in [3.8, 4) is 0 Å². The lowest BCUT2D eigenvalue weighted by molar-refractivity contribution is 0.868. The van der Waals surface area contributed by atoms with Gasteiger partial charge in [-0.1, -0.05) is 18.2 Å². The maximum atomic E-state index is 4.60. The van der Waals surface area contributed by atoms with Gasteiger partial charge in [-0.15, -0.1) is 5.10 Å². The number of aryl methyl sites for hydroxylation is 2. The first-order valence-corrected chi connectivity index (χ1v) is 8.17. The molecular formula is C15H16N4P+. The summed E-state index contributed by atoms with van der Waals surface area (Å²) >= 11 is 0. The Morgan fingerprint density at radius 1 is 1.20 bits per heavy atom. The lowest BCUT2D eigenvalue weighted by Crippen LogP contribution is -1.99. The van der Waals surface area contributed by atoms with Crippen LogP contribution in [0, 0.1) is 13.8 Å². The molecule has 0 bridgehead atoms. The summed E-state index contributed by atoms with van der Waals surface area (Å²) in [6.45, 7) is 3.94. The molecule has 0 aliphatic rings. The van der Waals surface area contributed by atoms with Crippen molar-refractivity contribution in [3.05, 3.63) is 53.7 Å². The van der Waals surface area contributed by atoms with E-state index in [0.29, 0.717) is 0 Å². The molecule has 0 radical (unpaired) electrons. The Kier molecular flexibility index (Phi) is 3.33. The highest BCUT2D eigenvalue weighted by atomic mass is 31.1. The van der Waals surface area contributed by atoms with Crippen molar-refractivity contribution in [2.75, 3.05) is 0 Å². The Hall–Kier alpha value is -2.06. The van der Waals surface area contributed by atoms with Crippen molar-refractivity contribution in [3.63, 3.8) is 0 Å². The van der Waals surface area contributed by atoms with Crippen LogP contribution in [0.3, 0.4) is 0 Å². The quantitative estimate of drug-likeness (QED) is 0.694. The fraction of sp³-hybridized carbons (Fsp3) is 0.200. The predicted octanol–water partition coefficient (Wildman–Crippen LogP) is 2.48. The molecule has 2 heterocycles. The van der Waals surface area contributed by atoms with E-state index < -0.39 is 7.55 Å². The Labute approximate surface area is 118 Å². The van der Waals surface area contributed by atoms with Crippen LogP contribution in [-0.2, 0) is 6.16 Å². The van der Waals surface area contributed by atoms with E-state index in [2.05, 4.69) is 33.5 Å². The molecule has 4 nitrogen and oxygen atoms in total. The van der Waals surface area contributed by atoms with E-state index >= 15 is 0 Å². The third-order valence-electron chi connectivity index (χ3n) is 3.21. The maximum absolute atomic E-state index is 4.60. The number of hydrogen-bond donors (Lipinski definition) is 0. The Balaban J connectivity index is 1.94. The highest BCUT2D eigenvalue weighted by molar-refractivity contribution is 7.62. The second-order valence-corrected chi connectivity index (χ2v) is 6.69. The standard InChI is InChI=1S/C15H16N4P/c1-11-9-16-12(2)15-17-14(18-19(11)15)10-20(3)13-7-5-4-6-8-13/h4-9H,3,10H2,1-2H3/q+1. The average Bonchev–Trinajstić information content (AvgIpc) is 2.89. The Morgan fingerprint density at radius 3 is 2.65 bits per heavy atom. The predicted molar refractivity (Wildman–Crippen MR) is 84.1 cm³/mol. The van der Waals surface area contributed by atoms with Gasteiger partial charge in [0, 0.05) is 6.20 Å². The molecule has 0 aliphatic heterocycles. The first-order valence-electron chi connectivity index (χ1n) is 6.46. The zero-order chi connectivity index (χ0) is 14.1. The van der Waals surface area contributed by atoms with Crippen LogP contribution in [0.4, 0.5) is 0 Å². The van der Waals surface area contributed by atoms with Gasteiger partial charge in [0.05, 0.1) is 17.7 Å². The molecule has 0 amide bonds. The van der Waals surface area contributed by atoms with E-state index in [4.69, 9.17) is 0 Å². The lowest BCUT2D eigenvalue weighted by atomic mass is 10.4. The molecule has 3 rings (SSSR count). The lowest BCUT2D eigenvalue weighted by Gasteiger charge is -1.97. The molecule has 100 valence electrons. The van der Waals surface area contributed by atoms with Crippen molar-refractivity contribution in [1.82, 2.24) is 19.6 Å². The van der Waals surface area contributed by atoms with Gasteiger partial charge in [0.15, 0.2) is 17.6 Å². The van der Waals surface area contributed by atoms with Crippen LogP contribution in [-0.4, -0.2) is 25.9 Å². The molecule has 0 fully saturated rings. The maximum Gasteiger partial charge on any atom is 0.196 e. The van der Waals surface area contributed by atoms with Gasteiger partial charge in [0.25, 0.3) is 0 Å². The van der Waals surface area contributed by atoms with Crippen LogP contribution in [0.25, 0.3) is 5.65 Å². The van der Waals surface area contributed by atoms with Crippen LogP contribution in [0.2, 0.25) is 0 Å². The van der Waals surface area contributed by atoms with Gasteiger partial charge in [-0.05, 0) is 26.0 Å². The second kappa shape index (κ2) is 5.14. The van der Waals surface area contributed by atoms with Crippen LogP contribution in [0.1, 0.15) is 17.2 Å². The van der Waals surface area contributed by atoms with Gasteiger partial charge >= 0.3 is 0 Å². The summed E-state index contributed by atoms with van der Waals surface area (Å²) in [6, 6.07) is 10.4. The van der Waals surface area contributed by atoms with Crippen molar-refractivity contribution in [2.24, 2.45) is 0 Å². The molecular weight excluding hydrogens is 267 g/mol. The minimum Gasteiger partial charge on any atom is -0.256 e. The third-order valence-corrected chi connectivity index (χ3v) is 4.90. The van der Waals surface area contributed by atoms with Gasteiger partial charge in [0.1, 0.15) is 12.8 Å². The molecule has 5 heteroatoms. The zero-order valence-electron chi connectivity index (χ0n) is 11.6. The summed E-state index contributed by atoms with van der Waals surface area (Å²) in [6.07, 6.45) is 6.89. The van der Waals surface area contributed by atoms with E-state index in [9.17, 15) is 0 Å². The average molecular weight is 283 g/mol. The van der Waals surface area contributed by atoms with Gasteiger partial charge in [-0.3, -0.25) is 4.98 Å². The molecule has 1 atom stereocenters. The van der Waals surface area contributed by atoms with Crippen molar-refractivity contribution >= 4 is 24.8 Å². The number of hydrogen-bond acceptors (Lipinski definition) is 3. The fourth-order valence-electron chi connectivity index (χ4n) is 2.11. The Bertz CT molecular complexity index is 738. The minimum absolute atomic E-state index is 0.517. The number of fused-ring (bicyclic) bond motifs is 1. The smallest absolute Gasteiger partial charge is 0.196 e. The topological polar surface area (TPSA) is 43.1 Å². The molecule has 0 N–H and O–H groups in total. The largest absolute Gasteiger partial charge is 0.256 e. The van der Waals surface area contributed by atoms with E-state index in [1.807, 2.05) is 42.8 Å². The summed E-state index contributed by atoms with van der Waals surface area (Å²) < 4.78 is 1.87. The SMILES string of the molecule is C=[P+](Cc1nc2c(C)ncc(C)n2n1)c1ccccc1. The summed E-state index contributed by atoms with van der Waals surface area (Å²) in [5.74, 6) is 0.842. The first-order chi connectivity index (χ1) is 9.65. The van der Waals surface area contributed by atoms with E-state index in [1.54, 1.807) is 0 Å². The fourth-order valence-corrected chi connectivity index (χ4v) is 3.36. The summed E-state index contributed by atoms with van der Waals surface area (Å²) in [5.41, 5.74) is 2.75. The highest BCUT2D eigenvalue weighted by Crippen LogP contribution is 2.24. The molecule has 0 spiro atoms. The van der Waals surface area contributed by atoms with Crippen LogP contribution < -0.4 is 5.30 Å². The second-order valence-electron chi connectivity index (χ2n) is 4.78. The molecule has 1 unspecified atom stereocenters. The molecule has 0 saturated heterocycles. The number of nitrogens with zero attached hydrogens (tertiary/aromatic N) is 4. The molecule has 20 heavy (non-hydrogen) atoms. The van der Waals surface area contributed by atoms with Crippen LogP contribution in [0.5, 0.6) is 0 Å². The minimum atomic E-state index is -0.517. The molecule has 2 aromatic heterocycles. The number of benzene rings is 1. The summed E-state index contributed by atoms with van der Waals surface area (Å²) in [7, 11) is -0.517. The molecule has 1 aromatic carbocycles. The van der Waals surface area contributed by atoms with Crippen molar-refractivity contribution in [1.29, 1.82) is 0 Å². The summed E-state index contributed by atoms with van der Waals surface area (Å²) in [4.78, 5) is 8.93. The number of aromatic nitrogens is 4. The van der Waals surface area contributed by atoms with E-state index in [0.717, 1.165) is 29.0 Å². The van der Waals surface area contributed by atoms with E-state index in [-0.39, 0.29) is 0 Å². The van der Waals surface area contributed by atoms with E-state index in [1.165, 1.54) is 5.30 Å². The van der Waals surface area contributed by atoms with Gasteiger partial charge in [-0.2, -0.15) is 0 Å². The summed E-state index contributed by atoms with van der Waals surface area (Å²) in [5, 5.41) is 5.85. The third kappa shape index (κ3) is 2.35. The van der Waals surface area contributed by atoms with Crippen molar-refractivity contribution in [2.45, 2.75) is 20.0 Å².